The van der Waals surface area contributed by atoms with E-state index in [-0.39, 0.29) is 6.04 Å². The number of pyridine rings is 1. The Balaban J connectivity index is 1.43. The van der Waals surface area contributed by atoms with Crippen molar-refractivity contribution in [2.75, 3.05) is 20.8 Å². The van der Waals surface area contributed by atoms with Gasteiger partial charge >= 0.3 is 0 Å². The molecule has 3 heterocycles. The number of fused-ring (bicyclic) bond motifs is 1. The fourth-order valence-corrected chi connectivity index (χ4v) is 5.55. The molecule has 0 N–H and O–H groups in total. The maximum Gasteiger partial charge on any atom is 0.199 e. The molecule has 1 unspecified atom stereocenters. The molecule has 0 spiro atoms. The van der Waals surface area contributed by atoms with Crippen molar-refractivity contribution < 1.29 is 9.47 Å². The van der Waals surface area contributed by atoms with Crippen LogP contribution in [0.25, 0.3) is 11.4 Å². The van der Waals surface area contributed by atoms with Gasteiger partial charge in [-0.2, -0.15) is 5.10 Å². The van der Waals surface area contributed by atoms with Crippen LogP contribution in [0, 0.1) is 4.77 Å². The number of ether oxygens (including phenoxy) is 2. The number of rotatable bonds is 7. The van der Waals surface area contributed by atoms with Crippen LogP contribution in [0.2, 0.25) is 0 Å². The highest BCUT2D eigenvalue weighted by Crippen LogP contribution is 2.42. The minimum absolute atomic E-state index is 0.0459. The lowest BCUT2D eigenvalue weighted by Gasteiger charge is -2.37. The molecule has 1 saturated carbocycles. The first-order valence-electron chi connectivity index (χ1n) is 12.3. The summed E-state index contributed by atoms with van der Waals surface area (Å²) in [6.45, 7) is 1.47. The van der Waals surface area contributed by atoms with Crippen molar-refractivity contribution in [3.8, 4) is 22.9 Å². The van der Waals surface area contributed by atoms with Crippen molar-refractivity contribution in [2.45, 2.75) is 38.0 Å². The Bertz CT molecular complexity index is 1430. The maximum absolute atomic E-state index is 5.98. The number of nitrogens with zero attached hydrogens (tertiary/aromatic N) is 5. The molecule has 0 amide bonds. The molecule has 0 radical (unpaired) electrons. The van der Waals surface area contributed by atoms with Gasteiger partial charge in [-0.3, -0.25) is 14.5 Å². The first kappa shape index (κ1) is 22.9. The standard InChI is InChI=1S/C28H29N5O2S/c1-34-24-15-20-12-14-31(26(19-7-4-3-5-8-19)23(20)16-25(24)35-2)18-32-28(36)33(22-10-11-22)27(30-32)21-9-6-13-29-17-21/h3-9,13,15-17,22,26H,10-12,14,18H2,1-2H3. The predicted octanol–water partition coefficient (Wildman–Crippen LogP) is 5.43. The highest BCUT2D eigenvalue weighted by atomic mass is 32.1. The van der Waals surface area contributed by atoms with E-state index in [1.807, 2.05) is 16.9 Å². The number of benzene rings is 2. The highest BCUT2D eigenvalue weighted by Gasteiger charge is 2.33. The summed E-state index contributed by atoms with van der Waals surface area (Å²) in [5.74, 6) is 2.41. The lowest BCUT2D eigenvalue weighted by Crippen LogP contribution is -2.37. The van der Waals surface area contributed by atoms with Gasteiger partial charge in [-0.25, -0.2) is 4.68 Å². The van der Waals surface area contributed by atoms with Crippen molar-refractivity contribution in [3.63, 3.8) is 0 Å². The van der Waals surface area contributed by atoms with Gasteiger partial charge in [0.1, 0.15) is 0 Å². The Kier molecular flexibility index (Phi) is 6.07. The molecule has 7 nitrogen and oxygen atoms in total. The summed E-state index contributed by atoms with van der Waals surface area (Å²) in [5, 5.41) is 5.03. The Hall–Kier alpha value is -3.49. The third kappa shape index (κ3) is 4.10. The smallest absolute Gasteiger partial charge is 0.199 e. The van der Waals surface area contributed by atoms with E-state index in [1.54, 1.807) is 20.4 Å². The van der Waals surface area contributed by atoms with E-state index in [4.69, 9.17) is 26.8 Å². The summed E-state index contributed by atoms with van der Waals surface area (Å²) >= 11 is 5.98. The van der Waals surface area contributed by atoms with Crippen LogP contribution >= 0.6 is 12.2 Å². The Morgan fingerprint density at radius 1 is 1.00 bits per heavy atom. The number of methoxy groups -OCH3 is 2. The molecule has 2 aromatic carbocycles. The SMILES string of the molecule is COc1cc2c(cc1OC)C(c1ccccc1)N(Cn1nc(-c3cccnc3)n(C3CC3)c1=S)CC2. The van der Waals surface area contributed by atoms with E-state index >= 15 is 0 Å². The molecular formula is C28H29N5O2S. The molecular weight excluding hydrogens is 470 g/mol. The van der Waals surface area contributed by atoms with Crippen LogP contribution < -0.4 is 9.47 Å². The topological polar surface area (TPSA) is 57.3 Å². The normalized spacial score (nSPS) is 17.6. The lowest BCUT2D eigenvalue weighted by atomic mass is 9.88. The summed E-state index contributed by atoms with van der Waals surface area (Å²) in [6.07, 6.45) is 6.84. The molecule has 1 aliphatic carbocycles. The minimum atomic E-state index is 0.0459. The Morgan fingerprint density at radius 3 is 2.47 bits per heavy atom. The van der Waals surface area contributed by atoms with Crippen LogP contribution in [-0.4, -0.2) is 45.0 Å². The molecule has 184 valence electrons. The van der Waals surface area contributed by atoms with Crippen LogP contribution in [0.3, 0.4) is 0 Å². The molecule has 6 rings (SSSR count). The van der Waals surface area contributed by atoms with Gasteiger partial charge in [0, 0.05) is 30.5 Å². The Labute approximate surface area is 215 Å². The second-order valence-electron chi connectivity index (χ2n) is 9.37. The fraction of sp³-hybridized carbons (Fsp3) is 0.321. The van der Waals surface area contributed by atoms with E-state index in [9.17, 15) is 0 Å². The van der Waals surface area contributed by atoms with Gasteiger partial charge in [0.05, 0.1) is 26.9 Å². The van der Waals surface area contributed by atoms with Crippen LogP contribution in [0.1, 0.15) is 41.6 Å². The number of hydrogen-bond donors (Lipinski definition) is 0. The second-order valence-corrected chi connectivity index (χ2v) is 9.74. The molecule has 1 aliphatic heterocycles. The van der Waals surface area contributed by atoms with E-state index in [0.29, 0.717) is 12.7 Å². The van der Waals surface area contributed by atoms with E-state index in [2.05, 4.69) is 63.0 Å². The summed E-state index contributed by atoms with van der Waals surface area (Å²) in [7, 11) is 3.37. The Morgan fingerprint density at radius 2 is 1.78 bits per heavy atom. The molecule has 1 atom stereocenters. The third-order valence-electron chi connectivity index (χ3n) is 7.11. The molecule has 36 heavy (non-hydrogen) atoms. The zero-order chi connectivity index (χ0) is 24.6. The van der Waals surface area contributed by atoms with Crippen LogP contribution in [0.4, 0.5) is 0 Å². The van der Waals surface area contributed by atoms with Crippen molar-refractivity contribution in [1.82, 2.24) is 24.2 Å². The molecule has 4 aromatic rings. The lowest BCUT2D eigenvalue weighted by molar-refractivity contribution is 0.154. The van der Waals surface area contributed by atoms with E-state index in [0.717, 1.165) is 53.5 Å². The van der Waals surface area contributed by atoms with E-state index in [1.165, 1.54) is 16.7 Å². The van der Waals surface area contributed by atoms with Crippen molar-refractivity contribution in [1.29, 1.82) is 0 Å². The van der Waals surface area contributed by atoms with Crippen LogP contribution in [0.5, 0.6) is 11.5 Å². The summed E-state index contributed by atoms with van der Waals surface area (Å²) < 4.78 is 16.2. The van der Waals surface area contributed by atoms with Crippen LogP contribution in [-0.2, 0) is 13.1 Å². The highest BCUT2D eigenvalue weighted by molar-refractivity contribution is 7.71. The van der Waals surface area contributed by atoms with Crippen LogP contribution in [0.15, 0.2) is 67.0 Å². The van der Waals surface area contributed by atoms with Crippen molar-refractivity contribution >= 4 is 12.2 Å². The summed E-state index contributed by atoms with van der Waals surface area (Å²) in [5.41, 5.74) is 4.73. The number of hydrogen-bond acceptors (Lipinski definition) is 6. The molecule has 2 aromatic heterocycles. The molecule has 0 bridgehead atoms. The molecule has 8 heteroatoms. The van der Waals surface area contributed by atoms with Gasteiger partial charge in [-0.1, -0.05) is 30.3 Å². The van der Waals surface area contributed by atoms with E-state index < -0.39 is 0 Å². The van der Waals surface area contributed by atoms with Crippen molar-refractivity contribution in [2.24, 2.45) is 0 Å². The zero-order valence-electron chi connectivity index (χ0n) is 20.5. The molecule has 0 saturated heterocycles. The summed E-state index contributed by atoms with van der Waals surface area (Å²) in [4.78, 5) is 6.77. The fourth-order valence-electron chi connectivity index (χ4n) is 5.21. The van der Waals surface area contributed by atoms with Gasteiger partial charge in [0.2, 0.25) is 0 Å². The predicted molar refractivity (Wildman–Crippen MR) is 141 cm³/mol. The summed E-state index contributed by atoms with van der Waals surface area (Å²) in [6, 6.07) is 19.3. The monoisotopic (exact) mass is 499 g/mol. The molecule has 2 aliphatic rings. The largest absolute Gasteiger partial charge is 0.493 e. The first-order valence-corrected chi connectivity index (χ1v) is 12.7. The minimum Gasteiger partial charge on any atom is -0.493 e. The van der Waals surface area contributed by atoms with Gasteiger partial charge in [0.25, 0.3) is 0 Å². The van der Waals surface area contributed by atoms with Gasteiger partial charge in [-0.05, 0) is 72.4 Å². The van der Waals surface area contributed by atoms with Gasteiger partial charge < -0.3 is 9.47 Å². The average Bonchev–Trinajstić information content (AvgIpc) is 3.72. The number of aromatic nitrogens is 4. The maximum atomic E-state index is 5.98. The first-order chi connectivity index (χ1) is 17.7. The quantitative estimate of drug-likeness (QED) is 0.316. The third-order valence-corrected chi connectivity index (χ3v) is 7.51. The second kappa shape index (κ2) is 9.52. The zero-order valence-corrected chi connectivity index (χ0v) is 21.3. The van der Waals surface area contributed by atoms with Gasteiger partial charge in [-0.15, -0.1) is 0 Å². The molecule has 1 fully saturated rings. The van der Waals surface area contributed by atoms with Gasteiger partial charge in [0.15, 0.2) is 22.1 Å². The average molecular weight is 500 g/mol. The van der Waals surface area contributed by atoms with Crippen molar-refractivity contribution in [3.05, 3.63) is 88.5 Å².